The summed E-state index contributed by atoms with van der Waals surface area (Å²) in [4.78, 5) is 0. The first-order valence-electron chi connectivity index (χ1n) is 7.33. The van der Waals surface area contributed by atoms with Gasteiger partial charge in [0.25, 0.3) is 0 Å². The number of ether oxygens (including phenoxy) is 2. The number of hydrogen-bond acceptors (Lipinski definition) is 3. The van der Waals surface area contributed by atoms with Crippen molar-refractivity contribution in [1.82, 2.24) is 5.32 Å². The summed E-state index contributed by atoms with van der Waals surface area (Å²) in [5, 5.41) is 3.41. The van der Waals surface area contributed by atoms with Crippen LogP contribution in [0.3, 0.4) is 0 Å². The Hall–Kier alpha value is -1.22. The van der Waals surface area contributed by atoms with Crippen molar-refractivity contribution in [2.24, 2.45) is 5.92 Å². The monoisotopic (exact) mass is 261 g/mol. The molecule has 1 saturated heterocycles. The Kier molecular flexibility index (Phi) is 3.40. The standard InChI is InChI=1S/C16H23NO2/c1-12(2)10-18-14-4-3-5-15-13(14)6-7-16(19-15)8-9-17-11-16/h3-5,12,17H,6-11H2,1-2H3. The zero-order valence-corrected chi connectivity index (χ0v) is 11.9. The van der Waals surface area contributed by atoms with E-state index in [4.69, 9.17) is 9.47 Å². The van der Waals surface area contributed by atoms with Gasteiger partial charge < -0.3 is 14.8 Å². The van der Waals surface area contributed by atoms with E-state index in [-0.39, 0.29) is 5.60 Å². The first-order chi connectivity index (χ1) is 9.19. The normalized spacial score (nSPS) is 25.4. The van der Waals surface area contributed by atoms with Gasteiger partial charge in [0.1, 0.15) is 17.1 Å². The van der Waals surface area contributed by atoms with Gasteiger partial charge in [-0.05, 0) is 37.4 Å². The fraction of sp³-hybridized carbons (Fsp3) is 0.625. The second kappa shape index (κ2) is 5.04. The molecule has 2 heterocycles. The number of benzene rings is 1. The molecule has 3 nitrogen and oxygen atoms in total. The molecule has 0 bridgehead atoms. The molecule has 19 heavy (non-hydrogen) atoms. The van der Waals surface area contributed by atoms with Crippen LogP contribution in [-0.4, -0.2) is 25.3 Å². The van der Waals surface area contributed by atoms with Crippen molar-refractivity contribution in [1.29, 1.82) is 0 Å². The van der Waals surface area contributed by atoms with Crippen LogP contribution in [0, 0.1) is 5.92 Å². The molecule has 0 amide bonds. The van der Waals surface area contributed by atoms with Crippen molar-refractivity contribution in [3.05, 3.63) is 23.8 Å². The first-order valence-corrected chi connectivity index (χ1v) is 7.33. The van der Waals surface area contributed by atoms with E-state index < -0.39 is 0 Å². The van der Waals surface area contributed by atoms with Crippen LogP contribution in [0.2, 0.25) is 0 Å². The minimum Gasteiger partial charge on any atom is -0.493 e. The van der Waals surface area contributed by atoms with E-state index in [9.17, 15) is 0 Å². The quantitative estimate of drug-likeness (QED) is 0.907. The predicted octanol–water partition coefficient (Wildman–Crippen LogP) is 2.78. The second-order valence-electron chi connectivity index (χ2n) is 6.15. The Balaban J connectivity index is 1.80. The predicted molar refractivity (Wildman–Crippen MR) is 75.9 cm³/mol. The lowest BCUT2D eigenvalue weighted by Crippen LogP contribution is -2.41. The molecule has 1 unspecified atom stereocenters. The zero-order valence-electron chi connectivity index (χ0n) is 11.9. The molecule has 1 fully saturated rings. The molecule has 2 aliphatic rings. The summed E-state index contributed by atoms with van der Waals surface area (Å²) >= 11 is 0. The van der Waals surface area contributed by atoms with Crippen LogP contribution in [0.25, 0.3) is 0 Å². The molecule has 3 heteroatoms. The lowest BCUT2D eigenvalue weighted by Gasteiger charge is -2.35. The Morgan fingerprint density at radius 1 is 1.37 bits per heavy atom. The lowest BCUT2D eigenvalue weighted by atomic mass is 9.90. The molecular formula is C16H23NO2. The van der Waals surface area contributed by atoms with Gasteiger partial charge in [0, 0.05) is 18.5 Å². The van der Waals surface area contributed by atoms with E-state index >= 15 is 0 Å². The molecule has 0 radical (unpaired) electrons. The molecule has 1 N–H and O–H groups in total. The van der Waals surface area contributed by atoms with Crippen LogP contribution in [0.4, 0.5) is 0 Å². The van der Waals surface area contributed by atoms with E-state index in [2.05, 4.69) is 31.3 Å². The maximum Gasteiger partial charge on any atom is 0.127 e. The van der Waals surface area contributed by atoms with Crippen LogP contribution in [0.15, 0.2) is 18.2 Å². The summed E-state index contributed by atoms with van der Waals surface area (Å²) in [5.74, 6) is 2.58. The highest BCUT2D eigenvalue weighted by atomic mass is 16.5. The summed E-state index contributed by atoms with van der Waals surface area (Å²) in [6, 6.07) is 6.18. The smallest absolute Gasteiger partial charge is 0.127 e. The van der Waals surface area contributed by atoms with Crippen LogP contribution in [0.5, 0.6) is 11.5 Å². The molecule has 0 saturated carbocycles. The third-order valence-electron chi connectivity index (χ3n) is 4.02. The Morgan fingerprint density at radius 2 is 2.26 bits per heavy atom. The first kappa shape index (κ1) is 12.8. The average Bonchev–Trinajstić information content (AvgIpc) is 2.84. The lowest BCUT2D eigenvalue weighted by molar-refractivity contribution is 0.0651. The molecule has 1 atom stereocenters. The van der Waals surface area contributed by atoms with Crippen LogP contribution in [0.1, 0.15) is 32.3 Å². The second-order valence-corrected chi connectivity index (χ2v) is 6.15. The van der Waals surface area contributed by atoms with Crippen molar-refractivity contribution in [3.8, 4) is 11.5 Å². The average molecular weight is 261 g/mol. The highest BCUT2D eigenvalue weighted by Gasteiger charge is 2.39. The number of hydrogen-bond donors (Lipinski definition) is 1. The fourth-order valence-corrected chi connectivity index (χ4v) is 2.94. The van der Waals surface area contributed by atoms with Gasteiger partial charge in [-0.3, -0.25) is 0 Å². The van der Waals surface area contributed by atoms with Crippen molar-refractivity contribution < 1.29 is 9.47 Å². The van der Waals surface area contributed by atoms with E-state index in [0.29, 0.717) is 5.92 Å². The molecule has 0 aliphatic carbocycles. The number of rotatable bonds is 3. The summed E-state index contributed by atoms with van der Waals surface area (Å²) < 4.78 is 12.2. The van der Waals surface area contributed by atoms with Crippen molar-refractivity contribution in [2.75, 3.05) is 19.7 Å². The molecule has 3 rings (SSSR count). The molecule has 1 aromatic rings. The largest absolute Gasteiger partial charge is 0.493 e. The molecule has 104 valence electrons. The fourth-order valence-electron chi connectivity index (χ4n) is 2.94. The third-order valence-corrected chi connectivity index (χ3v) is 4.02. The molecular weight excluding hydrogens is 238 g/mol. The van der Waals surface area contributed by atoms with Gasteiger partial charge in [0.2, 0.25) is 0 Å². The summed E-state index contributed by atoms with van der Waals surface area (Å²) in [7, 11) is 0. The van der Waals surface area contributed by atoms with Crippen LogP contribution in [-0.2, 0) is 6.42 Å². The topological polar surface area (TPSA) is 30.5 Å². The maximum atomic E-state index is 6.29. The SMILES string of the molecule is CC(C)COc1cccc2c1CCC1(CCNC1)O2. The molecule has 1 spiro atoms. The van der Waals surface area contributed by atoms with Gasteiger partial charge in [0.15, 0.2) is 0 Å². The van der Waals surface area contributed by atoms with Crippen molar-refractivity contribution >= 4 is 0 Å². The van der Waals surface area contributed by atoms with Crippen molar-refractivity contribution in [2.45, 2.75) is 38.7 Å². The minimum absolute atomic E-state index is 0.0314. The van der Waals surface area contributed by atoms with E-state index in [1.165, 1.54) is 5.56 Å². The molecule has 2 aliphatic heterocycles. The zero-order chi connectivity index (χ0) is 13.3. The Labute approximate surface area is 115 Å². The van der Waals surface area contributed by atoms with Crippen LogP contribution >= 0.6 is 0 Å². The maximum absolute atomic E-state index is 6.29. The van der Waals surface area contributed by atoms with E-state index in [1.807, 2.05) is 6.07 Å². The van der Waals surface area contributed by atoms with Gasteiger partial charge in [-0.15, -0.1) is 0 Å². The van der Waals surface area contributed by atoms with Gasteiger partial charge in [-0.1, -0.05) is 19.9 Å². The van der Waals surface area contributed by atoms with Crippen LogP contribution < -0.4 is 14.8 Å². The Bertz CT molecular complexity index is 450. The van der Waals surface area contributed by atoms with Gasteiger partial charge in [0.05, 0.1) is 6.61 Å². The van der Waals surface area contributed by atoms with E-state index in [0.717, 1.165) is 50.5 Å². The van der Waals surface area contributed by atoms with Crippen molar-refractivity contribution in [3.63, 3.8) is 0 Å². The van der Waals surface area contributed by atoms with E-state index in [1.54, 1.807) is 0 Å². The molecule has 0 aromatic heterocycles. The minimum atomic E-state index is 0.0314. The highest BCUT2D eigenvalue weighted by molar-refractivity contribution is 5.46. The van der Waals surface area contributed by atoms with Gasteiger partial charge in [-0.2, -0.15) is 0 Å². The van der Waals surface area contributed by atoms with Gasteiger partial charge in [-0.25, -0.2) is 0 Å². The Morgan fingerprint density at radius 3 is 3.00 bits per heavy atom. The summed E-state index contributed by atoms with van der Waals surface area (Å²) in [5.41, 5.74) is 1.28. The highest BCUT2D eigenvalue weighted by Crippen LogP contribution is 2.40. The third kappa shape index (κ3) is 2.57. The number of nitrogens with one attached hydrogen (secondary N) is 1. The van der Waals surface area contributed by atoms with Gasteiger partial charge >= 0.3 is 0 Å². The summed E-state index contributed by atoms with van der Waals surface area (Å²) in [6.45, 7) is 7.15. The number of fused-ring (bicyclic) bond motifs is 1. The molecule has 1 aromatic carbocycles. The summed E-state index contributed by atoms with van der Waals surface area (Å²) in [6.07, 6.45) is 3.27.